The Morgan fingerprint density at radius 1 is 1.35 bits per heavy atom. The number of rotatable bonds is 3. The Kier molecular flexibility index (Phi) is 3.74. The first-order valence-corrected chi connectivity index (χ1v) is 7.27. The molecule has 0 unspecified atom stereocenters. The maximum Gasteiger partial charge on any atom is 0.267 e. The summed E-state index contributed by atoms with van der Waals surface area (Å²) >= 11 is 0. The molecule has 4 heteroatoms. The second-order valence-electron chi connectivity index (χ2n) is 5.73. The van der Waals surface area contributed by atoms with Crippen molar-refractivity contribution in [2.45, 2.75) is 12.8 Å². The van der Waals surface area contributed by atoms with Crippen molar-refractivity contribution >= 4 is 16.8 Å². The third kappa shape index (κ3) is 2.85. The lowest BCUT2D eigenvalue weighted by molar-refractivity contribution is 0.0935. The van der Waals surface area contributed by atoms with E-state index < -0.39 is 0 Å². The van der Waals surface area contributed by atoms with Crippen LogP contribution in [0.4, 0.5) is 0 Å². The van der Waals surface area contributed by atoms with E-state index in [9.17, 15) is 4.79 Å². The van der Waals surface area contributed by atoms with Crippen molar-refractivity contribution in [1.29, 1.82) is 0 Å². The molecule has 2 aromatic rings. The van der Waals surface area contributed by atoms with Crippen LogP contribution in [0.5, 0.6) is 0 Å². The van der Waals surface area contributed by atoms with E-state index in [0.29, 0.717) is 11.6 Å². The molecule has 1 amide bonds. The van der Waals surface area contributed by atoms with Crippen LogP contribution in [-0.4, -0.2) is 42.5 Å². The van der Waals surface area contributed by atoms with E-state index in [1.165, 1.54) is 12.8 Å². The Bertz CT molecular complexity index is 564. The van der Waals surface area contributed by atoms with Crippen molar-refractivity contribution in [1.82, 2.24) is 15.2 Å². The van der Waals surface area contributed by atoms with Gasteiger partial charge in [0.05, 0.1) is 0 Å². The van der Waals surface area contributed by atoms with Crippen molar-refractivity contribution in [3.8, 4) is 0 Å². The summed E-state index contributed by atoms with van der Waals surface area (Å²) in [6.45, 7) is 3.04. The minimum Gasteiger partial charge on any atom is -0.351 e. The Morgan fingerprint density at radius 3 is 2.85 bits per heavy atom. The molecule has 106 valence electrons. The number of aromatic amines is 1. The number of para-hydroxylation sites is 1. The summed E-state index contributed by atoms with van der Waals surface area (Å²) in [5.41, 5.74) is 1.66. The van der Waals surface area contributed by atoms with Crippen LogP contribution in [0.1, 0.15) is 23.3 Å². The quantitative estimate of drug-likeness (QED) is 0.899. The molecule has 3 rings (SSSR count). The fourth-order valence-corrected chi connectivity index (χ4v) is 2.79. The average molecular weight is 271 g/mol. The van der Waals surface area contributed by atoms with Gasteiger partial charge in [0.2, 0.25) is 0 Å². The average Bonchev–Trinajstić information content (AvgIpc) is 2.90. The first-order chi connectivity index (χ1) is 9.72. The molecule has 1 saturated heterocycles. The highest BCUT2D eigenvalue weighted by Crippen LogP contribution is 2.16. The summed E-state index contributed by atoms with van der Waals surface area (Å²) in [5, 5.41) is 4.14. The summed E-state index contributed by atoms with van der Waals surface area (Å²) in [4.78, 5) is 17.7. The zero-order valence-electron chi connectivity index (χ0n) is 11.9. The first kappa shape index (κ1) is 13.2. The van der Waals surface area contributed by atoms with E-state index in [2.05, 4.69) is 22.2 Å². The van der Waals surface area contributed by atoms with Crippen molar-refractivity contribution in [2.24, 2.45) is 5.92 Å². The smallest absolute Gasteiger partial charge is 0.267 e. The van der Waals surface area contributed by atoms with Gasteiger partial charge in [0, 0.05) is 17.4 Å². The third-order valence-corrected chi connectivity index (χ3v) is 4.16. The molecule has 0 aliphatic carbocycles. The van der Waals surface area contributed by atoms with Crippen LogP contribution in [0.2, 0.25) is 0 Å². The van der Waals surface area contributed by atoms with Gasteiger partial charge >= 0.3 is 0 Å². The lowest BCUT2D eigenvalue weighted by Gasteiger charge is -2.28. The Balaban J connectivity index is 1.59. The highest BCUT2D eigenvalue weighted by Gasteiger charge is 2.18. The molecule has 20 heavy (non-hydrogen) atoms. The normalized spacial score (nSPS) is 17.4. The van der Waals surface area contributed by atoms with E-state index in [0.717, 1.165) is 30.5 Å². The second kappa shape index (κ2) is 5.67. The lowest BCUT2D eigenvalue weighted by atomic mass is 9.97. The van der Waals surface area contributed by atoms with Gasteiger partial charge in [-0.05, 0) is 51.0 Å². The van der Waals surface area contributed by atoms with Gasteiger partial charge in [-0.15, -0.1) is 0 Å². The summed E-state index contributed by atoms with van der Waals surface area (Å²) in [5.74, 6) is 0.611. The monoisotopic (exact) mass is 271 g/mol. The van der Waals surface area contributed by atoms with Crippen LogP contribution in [-0.2, 0) is 0 Å². The molecule has 4 nitrogen and oxygen atoms in total. The van der Waals surface area contributed by atoms with Gasteiger partial charge in [0.25, 0.3) is 5.91 Å². The topological polar surface area (TPSA) is 48.1 Å². The van der Waals surface area contributed by atoms with Crippen LogP contribution in [0.15, 0.2) is 30.3 Å². The number of carbonyl (C=O) groups is 1. The van der Waals surface area contributed by atoms with Crippen molar-refractivity contribution in [3.05, 3.63) is 36.0 Å². The molecule has 1 aromatic carbocycles. The zero-order chi connectivity index (χ0) is 13.9. The highest BCUT2D eigenvalue weighted by atomic mass is 16.1. The van der Waals surface area contributed by atoms with E-state index in [1.807, 2.05) is 30.3 Å². The number of likely N-dealkylation sites (tertiary alicyclic amines) is 1. The molecule has 1 aliphatic rings. The largest absolute Gasteiger partial charge is 0.351 e. The summed E-state index contributed by atoms with van der Waals surface area (Å²) < 4.78 is 0. The van der Waals surface area contributed by atoms with E-state index in [4.69, 9.17) is 0 Å². The van der Waals surface area contributed by atoms with Crippen LogP contribution in [0.3, 0.4) is 0 Å². The number of benzene rings is 1. The second-order valence-corrected chi connectivity index (χ2v) is 5.73. The van der Waals surface area contributed by atoms with Crippen LogP contribution >= 0.6 is 0 Å². The first-order valence-electron chi connectivity index (χ1n) is 7.27. The number of aromatic nitrogens is 1. The number of nitrogens with one attached hydrogen (secondary N) is 2. The number of carbonyl (C=O) groups excluding carboxylic acids is 1. The number of H-pyrrole nitrogens is 1. The Hall–Kier alpha value is -1.81. The molecule has 1 aromatic heterocycles. The molecule has 0 saturated carbocycles. The van der Waals surface area contributed by atoms with Gasteiger partial charge < -0.3 is 15.2 Å². The SMILES string of the molecule is CN1CCC(CNC(=O)c2cc3ccccc3[nH]2)CC1. The van der Waals surface area contributed by atoms with E-state index in [1.54, 1.807) is 0 Å². The van der Waals surface area contributed by atoms with E-state index in [-0.39, 0.29) is 5.91 Å². The number of fused-ring (bicyclic) bond motifs is 1. The molecule has 0 bridgehead atoms. The van der Waals surface area contributed by atoms with Gasteiger partial charge in [-0.2, -0.15) is 0 Å². The van der Waals surface area contributed by atoms with Crippen LogP contribution in [0, 0.1) is 5.92 Å². The van der Waals surface area contributed by atoms with Crippen molar-refractivity contribution in [2.75, 3.05) is 26.7 Å². The molecular formula is C16H21N3O. The van der Waals surface area contributed by atoms with Gasteiger partial charge in [-0.1, -0.05) is 18.2 Å². The zero-order valence-corrected chi connectivity index (χ0v) is 11.9. The summed E-state index contributed by atoms with van der Waals surface area (Å²) in [6.07, 6.45) is 2.34. The number of nitrogens with zero attached hydrogens (tertiary/aromatic N) is 1. The maximum atomic E-state index is 12.2. The standard InChI is InChI=1S/C16H21N3O/c1-19-8-6-12(7-9-19)11-17-16(20)15-10-13-4-2-3-5-14(13)18-15/h2-5,10,12,18H,6-9,11H2,1H3,(H,17,20). The fraction of sp³-hybridized carbons (Fsp3) is 0.438. The van der Waals surface area contributed by atoms with E-state index >= 15 is 0 Å². The Morgan fingerprint density at radius 2 is 2.10 bits per heavy atom. The third-order valence-electron chi connectivity index (χ3n) is 4.16. The maximum absolute atomic E-state index is 12.2. The fourth-order valence-electron chi connectivity index (χ4n) is 2.79. The number of amides is 1. The van der Waals surface area contributed by atoms with Crippen molar-refractivity contribution in [3.63, 3.8) is 0 Å². The number of piperidine rings is 1. The predicted octanol–water partition coefficient (Wildman–Crippen LogP) is 2.24. The Labute approximate surface area is 119 Å². The van der Waals surface area contributed by atoms with Gasteiger partial charge in [-0.3, -0.25) is 4.79 Å². The van der Waals surface area contributed by atoms with Crippen molar-refractivity contribution < 1.29 is 4.79 Å². The summed E-state index contributed by atoms with van der Waals surface area (Å²) in [7, 11) is 2.15. The van der Waals surface area contributed by atoms with Gasteiger partial charge in [-0.25, -0.2) is 0 Å². The van der Waals surface area contributed by atoms with Crippen LogP contribution < -0.4 is 5.32 Å². The predicted molar refractivity (Wildman–Crippen MR) is 80.9 cm³/mol. The molecule has 0 radical (unpaired) electrons. The minimum absolute atomic E-state index is 0.000119. The minimum atomic E-state index is 0.000119. The molecule has 1 fully saturated rings. The molecular weight excluding hydrogens is 250 g/mol. The molecule has 2 N–H and O–H groups in total. The number of hydrogen-bond donors (Lipinski definition) is 2. The lowest BCUT2D eigenvalue weighted by Crippen LogP contribution is -2.36. The summed E-state index contributed by atoms with van der Waals surface area (Å²) in [6, 6.07) is 9.87. The van der Waals surface area contributed by atoms with Crippen LogP contribution in [0.25, 0.3) is 10.9 Å². The molecule has 2 heterocycles. The molecule has 0 atom stereocenters. The molecule has 0 spiro atoms. The molecule has 1 aliphatic heterocycles. The highest BCUT2D eigenvalue weighted by molar-refractivity contribution is 5.97. The van der Waals surface area contributed by atoms with Gasteiger partial charge in [0.1, 0.15) is 5.69 Å². The number of hydrogen-bond acceptors (Lipinski definition) is 2. The van der Waals surface area contributed by atoms with Gasteiger partial charge in [0.15, 0.2) is 0 Å².